The summed E-state index contributed by atoms with van der Waals surface area (Å²) in [5.74, 6) is 1.20. The molecule has 1 aliphatic rings. The summed E-state index contributed by atoms with van der Waals surface area (Å²) >= 11 is 6.65. The van der Waals surface area contributed by atoms with E-state index in [0.717, 1.165) is 11.3 Å². The number of para-hydroxylation sites is 1. The summed E-state index contributed by atoms with van der Waals surface area (Å²) in [4.78, 5) is 14.8. The summed E-state index contributed by atoms with van der Waals surface area (Å²) < 4.78 is 11.0. The van der Waals surface area contributed by atoms with Gasteiger partial charge in [-0.05, 0) is 35.9 Å². The molecule has 3 rings (SSSR count). The van der Waals surface area contributed by atoms with Crippen molar-refractivity contribution in [2.75, 3.05) is 19.1 Å². The molecule has 0 unspecified atom stereocenters. The zero-order chi connectivity index (χ0) is 17.1. The maximum atomic E-state index is 12.7. The average Bonchev–Trinajstić information content (AvgIpc) is 2.88. The summed E-state index contributed by atoms with van der Waals surface area (Å²) in [6.45, 7) is 0. The third-order valence-corrected chi connectivity index (χ3v) is 4.78. The molecular formula is C18H15NO3S2. The molecule has 6 heteroatoms. The van der Waals surface area contributed by atoms with Gasteiger partial charge in [0.2, 0.25) is 0 Å². The van der Waals surface area contributed by atoms with Gasteiger partial charge in [-0.15, -0.1) is 0 Å². The van der Waals surface area contributed by atoms with Gasteiger partial charge in [0.1, 0.15) is 11.5 Å². The first-order valence-electron chi connectivity index (χ1n) is 7.18. The van der Waals surface area contributed by atoms with E-state index >= 15 is 0 Å². The predicted octanol–water partition coefficient (Wildman–Crippen LogP) is 4.11. The van der Waals surface area contributed by atoms with Crippen LogP contribution in [0.4, 0.5) is 5.69 Å². The van der Waals surface area contributed by atoms with Gasteiger partial charge >= 0.3 is 0 Å². The van der Waals surface area contributed by atoms with Crippen LogP contribution in [-0.4, -0.2) is 24.4 Å². The number of anilines is 1. The molecule has 122 valence electrons. The second kappa shape index (κ2) is 7.07. The average molecular weight is 357 g/mol. The van der Waals surface area contributed by atoms with Gasteiger partial charge in [-0.25, -0.2) is 0 Å². The van der Waals surface area contributed by atoms with Gasteiger partial charge in [0.15, 0.2) is 4.32 Å². The van der Waals surface area contributed by atoms with Crippen LogP contribution in [-0.2, 0) is 4.79 Å². The van der Waals surface area contributed by atoms with E-state index in [1.165, 1.54) is 11.8 Å². The number of benzene rings is 2. The molecule has 4 nitrogen and oxygen atoms in total. The lowest BCUT2D eigenvalue weighted by atomic mass is 10.2. The molecule has 0 bridgehead atoms. The molecule has 2 aromatic rings. The van der Waals surface area contributed by atoms with Crippen molar-refractivity contribution in [3.63, 3.8) is 0 Å². The van der Waals surface area contributed by atoms with Crippen LogP contribution >= 0.6 is 24.0 Å². The molecule has 2 aromatic carbocycles. The van der Waals surface area contributed by atoms with Gasteiger partial charge in [0, 0.05) is 6.07 Å². The number of amides is 1. The van der Waals surface area contributed by atoms with Crippen LogP contribution in [0.2, 0.25) is 0 Å². The lowest BCUT2D eigenvalue weighted by Gasteiger charge is -2.13. The number of hydrogen-bond acceptors (Lipinski definition) is 5. The number of carbonyl (C=O) groups is 1. The van der Waals surface area contributed by atoms with Crippen molar-refractivity contribution in [1.82, 2.24) is 0 Å². The van der Waals surface area contributed by atoms with E-state index in [1.807, 2.05) is 42.5 Å². The second-order valence-corrected chi connectivity index (χ2v) is 6.67. The van der Waals surface area contributed by atoms with E-state index in [4.69, 9.17) is 21.7 Å². The van der Waals surface area contributed by atoms with Crippen molar-refractivity contribution >= 4 is 46.0 Å². The lowest BCUT2D eigenvalue weighted by molar-refractivity contribution is -0.113. The highest BCUT2D eigenvalue weighted by molar-refractivity contribution is 8.27. The topological polar surface area (TPSA) is 38.8 Å². The highest BCUT2D eigenvalue weighted by Gasteiger charge is 2.33. The third kappa shape index (κ3) is 3.29. The highest BCUT2D eigenvalue weighted by Crippen LogP contribution is 2.36. The number of carbonyl (C=O) groups excluding carboxylic acids is 1. The van der Waals surface area contributed by atoms with Gasteiger partial charge in [-0.3, -0.25) is 9.69 Å². The predicted molar refractivity (Wildman–Crippen MR) is 102 cm³/mol. The Kier molecular flexibility index (Phi) is 4.87. The minimum atomic E-state index is -0.127. The Bertz CT molecular complexity index is 796. The van der Waals surface area contributed by atoms with Gasteiger partial charge in [0.05, 0.1) is 24.8 Å². The van der Waals surface area contributed by atoms with E-state index in [9.17, 15) is 4.79 Å². The fraction of sp³-hybridized carbons (Fsp3) is 0.111. The fourth-order valence-electron chi connectivity index (χ4n) is 2.33. The Morgan fingerprint density at radius 3 is 2.25 bits per heavy atom. The smallest absolute Gasteiger partial charge is 0.270 e. The van der Waals surface area contributed by atoms with Crippen LogP contribution < -0.4 is 14.4 Å². The summed E-state index contributed by atoms with van der Waals surface area (Å²) in [5.41, 5.74) is 1.59. The molecule has 0 N–H and O–H groups in total. The summed E-state index contributed by atoms with van der Waals surface area (Å²) in [5, 5.41) is 0. The largest absolute Gasteiger partial charge is 0.497 e. The Balaban J connectivity index is 1.95. The normalized spacial score (nSPS) is 15.9. The number of methoxy groups -OCH3 is 2. The monoisotopic (exact) mass is 357 g/mol. The van der Waals surface area contributed by atoms with Crippen LogP contribution in [0.5, 0.6) is 11.5 Å². The first-order chi connectivity index (χ1) is 11.6. The van der Waals surface area contributed by atoms with Crippen LogP contribution in [0.3, 0.4) is 0 Å². The maximum absolute atomic E-state index is 12.7. The number of hydrogen-bond donors (Lipinski definition) is 0. The van der Waals surface area contributed by atoms with E-state index in [2.05, 4.69) is 0 Å². The van der Waals surface area contributed by atoms with E-state index in [-0.39, 0.29) is 5.91 Å². The van der Waals surface area contributed by atoms with Crippen molar-refractivity contribution in [2.24, 2.45) is 0 Å². The van der Waals surface area contributed by atoms with Crippen LogP contribution in [0.15, 0.2) is 53.4 Å². The maximum Gasteiger partial charge on any atom is 0.270 e. The molecule has 1 heterocycles. The number of rotatable bonds is 4. The van der Waals surface area contributed by atoms with Crippen molar-refractivity contribution in [3.05, 3.63) is 59.0 Å². The minimum absolute atomic E-state index is 0.127. The van der Waals surface area contributed by atoms with E-state index in [1.54, 1.807) is 31.3 Å². The molecule has 0 aromatic heterocycles. The lowest BCUT2D eigenvalue weighted by Crippen LogP contribution is -2.27. The molecule has 0 aliphatic carbocycles. The first-order valence-corrected chi connectivity index (χ1v) is 8.41. The Hall–Kier alpha value is -2.31. The Morgan fingerprint density at radius 1 is 1.04 bits per heavy atom. The van der Waals surface area contributed by atoms with Gasteiger partial charge < -0.3 is 9.47 Å². The Morgan fingerprint density at radius 2 is 1.67 bits per heavy atom. The summed E-state index contributed by atoms with van der Waals surface area (Å²) in [6.07, 6.45) is 1.80. The quantitative estimate of drug-likeness (QED) is 0.608. The van der Waals surface area contributed by atoms with Crippen molar-refractivity contribution < 1.29 is 14.3 Å². The molecule has 24 heavy (non-hydrogen) atoms. The zero-order valence-corrected chi connectivity index (χ0v) is 14.8. The van der Waals surface area contributed by atoms with Gasteiger partial charge in [-0.2, -0.15) is 0 Å². The standard InChI is InChI=1S/C18H15NO3S2/c1-21-14-8-12(9-15(11-14)22-2)10-16-17(20)19(18(23)24-16)13-6-4-3-5-7-13/h3-11H,1-2H3. The van der Waals surface area contributed by atoms with Crippen LogP contribution in [0.1, 0.15) is 5.56 Å². The van der Waals surface area contributed by atoms with Gasteiger partial charge in [-0.1, -0.05) is 42.2 Å². The van der Waals surface area contributed by atoms with E-state index < -0.39 is 0 Å². The molecule has 0 atom stereocenters. The molecule has 1 aliphatic heterocycles. The van der Waals surface area contributed by atoms with Crippen molar-refractivity contribution in [2.45, 2.75) is 0 Å². The number of nitrogens with zero attached hydrogens (tertiary/aromatic N) is 1. The third-order valence-electron chi connectivity index (χ3n) is 3.48. The second-order valence-electron chi connectivity index (χ2n) is 5.00. The number of ether oxygens (including phenoxy) is 2. The summed E-state index contributed by atoms with van der Waals surface area (Å²) in [7, 11) is 3.18. The van der Waals surface area contributed by atoms with E-state index in [0.29, 0.717) is 20.7 Å². The van der Waals surface area contributed by atoms with Crippen LogP contribution in [0, 0.1) is 0 Å². The fourth-order valence-corrected chi connectivity index (χ4v) is 3.63. The van der Waals surface area contributed by atoms with Crippen molar-refractivity contribution in [1.29, 1.82) is 0 Å². The van der Waals surface area contributed by atoms with Gasteiger partial charge in [0.25, 0.3) is 5.91 Å². The van der Waals surface area contributed by atoms with Crippen molar-refractivity contribution in [3.8, 4) is 11.5 Å². The number of thioether (sulfide) groups is 1. The molecule has 0 saturated carbocycles. The minimum Gasteiger partial charge on any atom is -0.497 e. The van der Waals surface area contributed by atoms with Crippen LogP contribution in [0.25, 0.3) is 6.08 Å². The Labute approximate surface area is 150 Å². The first kappa shape index (κ1) is 16.5. The molecular weight excluding hydrogens is 342 g/mol. The molecule has 1 saturated heterocycles. The highest BCUT2D eigenvalue weighted by atomic mass is 32.2. The molecule has 1 amide bonds. The molecule has 0 spiro atoms. The molecule has 1 fully saturated rings. The summed E-state index contributed by atoms with van der Waals surface area (Å²) in [6, 6.07) is 14.9. The molecule has 0 radical (unpaired) electrons. The SMILES string of the molecule is COc1cc(C=C2SC(=S)N(c3ccccc3)C2=O)cc(OC)c1. The zero-order valence-electron chi connectivity index (χ0n) is 13.2. The number of thiocarbonyl (C=S) groups is 1.